The predicted octanol–water partition coefficient (Wildman–Crippen LogP) is 3.01. The Labute approximate surface area is 104 Å². The van der Waals surface area contributed by atoms with Crippen LogP contribution in [0.5, 0.6) is 0 Å². The lowest BCUT2D eigenvalue weighted by molar-refractivity contribution is 0.230. The Morgan fingerprint density at radius 1 is 1.50 bits per heavy atom. The zero-order chi connectivity index (χ0) is 12.1. The van der Waals surface area contributed by atoms with E-state index >= 15 is 0 Å². The molecular formula is C12H17BrFNO. The van der Waals surface area contributed by atoms with Crippen LogP contribution < -0.4 is 5.32 Å². The normalized spacial score (nSPS) is 14.8. The summed E-state index contributed by atoms with van der Waals surface area (Å²) in [7, 11) is 0. The zero-order valence-electron chi connectivity index (χ0n) is 9.50. The van der Waals surface area contributed by atoms with Crippen LogP contribution in [0.4, 0.5) is 4.39 Å². The van der Waals surface area contributed by atoms with Crippen LogP contribution in [0.3, 0.4) is 0 Å². The van der Waals surface area contributed by atoms with Gasteiger partial charge in [-0.25, -0.2) is 4.39 Å². The summed E-state index contributed by atoms with van der Waals surface area (Å²) in [4.78, 5) is 0. The minimum absolute atomic E-state index is 0.0822. The van der Waals surface area contributed by atoms with Crippen molar-refractivity contribution in [3.05, 3.63) is 34.1 Å². The van der Waals surface area contributed by atoms with Gasteiger partial charge < -0.3 is 10.4 Å². The van der Waals surface area contributed by atoms with Gasteiger partial charge in [0.2, 0.25) is 0 Å². The smallest absolute Gasteiger partial charge is 0.137 e. The number of rotatable bonds is 5. The number of benzene rings is 1. The Morgan fingerprint density at radius 2 is 2.19 bits per heavy atom. The summed E-state index contributed by atoms with van der Waals surface area (Å²) in [6.45, 7) is 4.13. The Hall–Kier alpha value is -0.450. The third-order valence-corrected chi connectivity index (χ3v) is 3.25. The number of nitrogens with one attached hydrogen (secondary N) is 1. The van der Waals surface area contributed by atoms with Gasteiger partial charge in [0.15, 0.2) is 0 Å². The van der Waals surface area contributed by atoms with Crippen molar-refractivity contribution in [1.82, 2.24) is 5.32 Å². The third-order valence-electron chi connectivity index (χ3n) is 2.64. The van der Waals surface area contributed by atoms with E-state index in [9.17, 15) is 4.39 Å². The van der Waals surface area contributed by atoms with Crippen molar-refractivity contribution in [2.75, 3.05) is 6.61 Å². The summed E-state index contributed by atoms with van der Waals surface area (Å²) in [5, 5.41) is 12.4. The lowest BCUT2D eigenvalue weighted by Gasteiger charge is -2.21. The molecule has 2 atom stereocenters. The molecule has 0 aliphatic carbocycles. The molecule has 1 unspecified atom stereocenters. The Balaban J connectivity index is 2.72. The second-order valence-electron chi connectivity index (χ2n) is 3.85. The van der Waals surface area contributed by atoms with E-state index < -0.39 is 0 Å². The Bertz CT molecular complexity index is 342. The molecule has 0 radical (unpaired) electrons. The number of halogens is 2. The minimum atomic E-state index is -0.259. The molecule has 0 aliphatic rings. The summed E-state index contributed by atoms with van der Waals surface area (Å²) in [5.41, 5.74) is 1.00. The van der Waals surface area contributed by atoms with Gasteiger partial charge in [-0.3, -0.25) is 0 Å². The lowest BCUT2D eigenvalue weighted by Crippen LogP contribution is -2.33. The van der Waals surface area contributed by atoms with E-state index in [1.807, 2.05) is 13.8 Å². The van der Waals surface area contributed by atoms with Crippen LogP contribution in [0.1, 0.15) is 31.9 Å². The fraction of sp³-hybridized carbons (Fsp3) is 0.500. The average Bonchev–Trinajstić information content (AvgIpc) is 2.29. The van der Waals surface area contributed by atoms with E-state index in [0.717, 1.165) is 12.0 Å². The van der Waals surface area contributed by atoms with Gasteiger partial charge in [-0.05, 0) is 47.0 Å². The van der Waals surface area contributed by atoms with Gasteiger partial charge in [0, 0.05) is 12.1 Å². The van der Waals surface area contributed by atoms with Gasteiger partial charge in [0.25, 0.3) is 0 Å². The molecule has 1 rings (SSSR count). The SMILES string of the molecule is CC[C@@H](CO)NC(C)c1ccc(F)c(Br)c1. The van der Waals surface area contributed by atoms with Crippen molar-refractivity contribution in [3.63, 3.8) is 0 Å². The van der Waals surface area contributed by atoms with Gasteiger partial charge in [0.05, 0.1) is 11.1 Å². The molecule has 0 amide bonds. The van der Waals surface area contributed by atoms with Crippen molar-refractivity contribution >= 4 is 15.9 Å². The number of aliphatic hydroxyl groups excluding tert-OH is 1. The minimum Gasteiger partial charge on any atom is -0.395 e. The largest absolute Gasteiger partial charge is 0.395 e. The summed E-state index contributed by atoms with van der Waals surface area (Å²) in [6.07, 6.45) is 0.864. The monoisotopic (exact) mass is 289 g/mol. The zero-order valence-corrected chi connectivity index (χ0v) is 11.1. The highest BCUT2D eigenvalue weighted by atomic mass is 79.9. The third kappa shape index (κ3) is 3.54. The fourth-order valence-corrected chi connectivity index (χ4v) is 1.93. The Kier molecular flexibility index (Phi) is 5.38. The maximum atomic E-state index is 13.0. The molecule has 90 valence electrons. The van der Waals surface area contributed by atoms with Gasteiger partial charge in [-0.2, -0.15) is 0 Å². The molecule has 0 spiro atoms. The molecule has 0 heterocycles. The van der Waals surface area contributed by atoms with Crippen LogP contribution in [-0.2, 0) is 0 Å². The second kappa shape index (κ2) is 6.33. The van der Waals surface area contributed by atoms with Gasteiger partial charge in [0.1, 0.15) is 5.82 Å². The first-order chi connectivity index (χ1) is 7.58. The highest BCUT2D eigenvalue weighted by Gasteiger charge is 2.12. The van der Waals surface area contributed by atoms with Gasteiger partial charge in [-0.1, -0.05) is 13.0 Å². The van der Waals surface area contributed by atoms with E-state index in [0.29, 0.717) is 4.47 Å². The fourth-order valence-electron chi connectivity index (χ4n) is 1.53. The molecule has 0 bridgehead atoms. The average molecular weight is 290 g/mol. The molecule has 1 aromatic carbocycles. The van der Waals surface area contributed by atoms with Crippen LogP contribution in [0, 0.1) is 5.82 Å². The van der Waals surface area contributed by atoms with E-state index in [1.54, 1.807) is 12.1 Å². The molecule has 2 N–H and O–H groups in total. The van der Waals surface area contributed by atoms with Crippen LogP contribution in [-0.4, -0.2) is 17.8 Å². The topological polar surface area (TPSA) is 32.3 Å². The first kappa shape index (κ1) is 13.6. The highest BCUT2D eigenvalue weighted by Crippen LogP contribution is 2.21. The van der Waals surface area contributed by atoms with Crippen LogP contribution in [0.2, 0.25) is 0 Å². The summed E-state index contributed by atoms with van der Waals surface area (Å²) in [5.74, 6) is -0.259. The molecular weight excluding hydrogens is 273 g/mol. The van der Waals surface area contributed by atoms with Crippen molar-refractivity contribution in [2.24, 2.45) is 0 Å². The predicted molar refractivity (Wildman–Crippen MR) is 66.8 cm³/mol. The number of hydrogen-bond donors (Lipinski definition) is 2. The first-order valence-corrected chi connectivity index (χ1v) is 6.19. The number of hydrogen-bond acceptors (Lipinski definition) is 2. The van der Waals surface area contributed by atoms with E-state index in [2.05, 4.69) is 21.2 Å². The maximum Gasteiger partial charge on any atom is 0.137 e. The molecule has 0 saturated carbocycles. The molecule has 0 aliphatic heterocycles. The van der Waals surface area contributed by atoms with Crippen LogP contribution >= 0.6 is 15.9 Å². The van der Waals surface area contributed by atoms with Crippen molar-refractivity contribution < 1.29 is 9.50 Å². The molecule has 4 heteroatoms. The quantitative estimate of drug-likeness (QED) is 0.873. The molecule has 16 heavy (non-hydrogen) atoms. The van der Waals surface area contributed by atoms with Crippen LogP contribution in [0.15, 0.2) is 22.7 Å². The first-order valence-electron chi connectivity index (χ1n) is 5.40. The molecule has 2 nitrogen and oxygen atoms in total. The van der Waals surface area contributed by atoms with Crippen molar-refractivity contribution in [2.45, 2.75) is 32.4 Å². The van der Waals surface area contributed by atoms with E-state index in [4.69, 9.17) is 5.11 Å². The molecule has 1 aromatic rings. The molecule has 0 saturated heterocycles. The van der Waals surface area contributed by atoms with E-state index in [-0.39, 0.29) is 24.5 Å². The van der Waals surface area contributed by atoms with Crippen LogP contribution in [0.25, 0.3) is 0 Å². The summed E-state index contributed by atoms with van der Waals surface area (Å²) < 4.78 is 13.5. The highest BCUT2D eigenvalue weighted by molar-refractivity contribution is 9.10. The standard InChI is InChI=1S/C12H17BrFNO/c1-3-10(7-16)15-8(2)9-4-5-12(14)11(13)6-9/h4-6,8,10,15-16H,3,7H2,1-2H3/t8?,10-/m0/s1. The summed E-state index contributed by atoms with van der Waals surface area (Å²) >= 11 is 3.16. The van der Waals surface area contributed by atoms with Crippen molar-refractivity contribution in [3.8, 4) is 0 Å². The second-order valence-corrected chi connectivity index (χ2v) is 4.70. The maximum absolute atomic E-state index is 13.0. The lowest BCUT2D eigenvalue weighted by atomic mass is 10.1. The Morgan fingerprint density at radius 3 is 2.69 bits per heavy atom. The number of aliphatic hydroxyl groups is 1. The molecule has 0 fully saturated rings. The summed E-state index contributed by atoms with van der Waals surface area (Å²) in [6, 6.07) is 5.13. The van der Waals surface area contributed by atoms with Gasteiger partial charge >= 0.3 is 0 Å². The molecule has 0 aromatic heterocycles. The van der Waals surface area contributed by atoms with Crippen molar-refractivity contribution in [1.29, 1.82) is 0 Å². The van der Waals surface area contributed by atoms with E-state index in [1.165, 1.54) is 6.07 Å². The van der Waals surface area contributed by atoms with Gasteiger partial charge in [-0.15, -0.1) is 0 Å².